The molecule has 0 bridgehead atoms. The summed E-state index contributed by atoms with van der Waals surface area (Å²) >= 11 is 0. The van der Waals surface area contributed by atoms with Crippen molar-refractivity contribution in [3.63, 3.8) is 0 Å². The van der Waals surface area contributed by atoms with Crippen LogP contribution >= 0.6 is 0 Å². The van der Waals surface area contributed by atoms with Crippen LogP contribution in [-0.2, 0) is 0 Å². The fourth-order valence-electron chi connectivity index (χ4n) is 2.60. The van der Waals surface area contributed by atoms with Crippen molar-refractivity contribution in [2.24, 2.45) is 11.8 Å². The van der Waals surface area contributed by atoms with Gasteiger partial charge in [-0.05, 0) is 49.1 Å². The topological polar surface area (TPSA) is 49.8 Å². The number of likely N-dealkylation sites (tertiary alicyclic amines) is 1. The van der Waals surface area contributed by atoms with Crippen LogP contribution < -0.4 is 4.74 Å². The van der Waals surface area contributed by atoms with Crippen LogP contribution in [0.4, 0.5) is 0 Å². The molecule has 2 rings (SSSR count). The molecular formula is C16H23NO3. The van der Waals surface area contributed by atoms with E-state index < -0.39 is 5.97 Å². The zero-order valence-electron chi connectivity index (χ0n) is 12.2. The Labute approximate surface area is 120 Å². The molecule has 4 nitrogen and oxygen atoms in total. The Morgan fingerprint density at radius 3 is 2.65 bits per heavy atom. The highest BCUT2D eigenvalue weighted by Gasteiger charge is 2.24. The van der Waals surface area contributed by atoms with Crippen molar-refractivity contribution in [1.82, 2.24) is 4.90 Å². The lowest BCUT2D eigenvalue weighted by atomic mass is 9.95. The highest BCUT2D eigenvalue weighted by Crippen LogP contribution is 2.23. The van der Waals surface area contributed by atoms with Gasteiger partial charge < -0.3 is 9.84 Å². The van der Waals surface area contributed by atoms with Gasteiger partial charge in [0.2, 0.25) is 0 Å². The quantitative estimate of drug-likeness (QED) is 0.868. The SMILES string of the molecule is CC(C)C1CCN(CCOc2ccc(C(=O)O)cc2)C1. The molecule has 4 heteroatoms. The number of carbonyl (C=O) groups is 1. The maximum absolute atomic E-state index is 10.7. The van der Waals surface area contributed by atoms with Gasteiger partial charge in [-0.1, -0.05) is 13.8 Å². The number of carboxylic acids is 1. The molecule has 0 radical (unpaired) electrons. The van der Waals surface area contributed by atoms with E-state index in [1.807, 2.05) is 0 Å². The third-order valence-electron chi connectivity index (χ3n) is 4.03. The van der Waals surface area contributed by atoms with E-state index in [2.05, 4.69) is 18.7 Å². The first kappa shape index (κ1) is 14.9. The predicted molar refractivity (Wildman–Crippen MR) is 78.3 cm³/mol. The second-order valence-corrected chi connectivity index (χ2v) is 5.77. The van der Waals surface area contributed by atoms with Gasteiger partial charge in [0.15, 0.2) is 0 Å². The van der Waals surface area contributed by atoms with E-state index in [1.54, 1.807) is 24.3 Å². The van der Waals surface area contributed by atoms with E-state index in [0.717, 1.165) is 30.7 Å². The molecule has 0 amide bonds. The van der Waals surface area contributed by atoms with Crippen molar-refractivity contribution >= 4 is 5.97 Å². The summed E-state index contributed by atoms with van der Waals surface area (Å²) in [6, 6.07) is 6.57. The minimum absolute atomic E-state index is 0.289. The molecule has 1 aliphatic heterocycles. The predicted octanol–water partition coefficient (Wildman–Crippen LogP) is 2.74. The molecule has 0 saturated carbocycles. The summed E-state index contributed by atoms with van der Waals surface area (Å²) in [5.74, 6) is 1.39. The van der Waals surface area contributed by atoms with E-state index in [1.165, 1.54) is 13.0 Å². The summed E-state index contributed by atoms with van der Waals surface area (Å²) < 4.78 is 5.66. The van der Waals surface area contributed by atoms with Gasteiger partial charge in [-0.3, -0.25) is 4.90 Å². The van der Waals surface area contributed by atoms with E-state index in [0.29, 0.717) is 6.61 Å². The van der Waals surface area contributed by atoms with Gasteiger partial charge in [0.1, 0.15) is 12.4 Å². The van der Waals surface area contributed by atoms with Crippen molar-refractivity contribution in [3.8, 4) is 5.75 Å². The van der Waals surface area contributed by atoms with Crippen LogP contribution in [0.5, 0.6) is 5.75 Å². The van der Waals surface area contributed by atoms with Crippen molar-refractivity contribution in [3.05, 3.63) is 29.8 Å². The van der Waals surface area contributed by atoms with Crippen LogP contribution in [0.2, 0.25) is 0 Å². The number of benzene rings is 1. The third-order valence-corrected chi connectivity index (χ3v) is 4.03. The van der Waals surface area contributed by atoms with Crippen molar-refractivity contribution in [1.29, 1.82) is 0 Å². The largest absolute Gasteiger partial charge is 0.492 e. The molecule has 1 unspecified atom stereocenters. The molecule has 0 aliphatic carbocycles. The van der Waals surface area contributed by atoms with E-state index >= 15 is 0 Å². The molecule has 1 aromatic carbocycles. The molecular weight excluding hydrogens is 254 g/mol. The average molecular weight is 277 g/mol. The number of carboxylic acid groups (broad SMARTS) is 1. The third kappa shape index (κ3) is 3.97. The van der Waals surface area contributed by atoms with Crippen LogP contribution in [0.25, 0.3) is 0 Å². The second kappa shape index (κ2) is 6.75. The van der Waals surface area contributed by atoms with Gasteiger partial charge in [-0.2, -0.15) is 0 Å². The van der Waals surface area contributed by atoms with Crippen molar-refractivity contribution < 1.29 is 14.6 Å². The Morgan fingerprint density at radius 2 is 2.10 bits per heavy atom. The molecule has 1 aromatic rings. The first-order valence-corrected chi connectivity index (χ1v) is 7.25. The zero-order chi connectivity index (χ0) is 14.5. The average Bonchev–Trinajstić information content (AvgIpc) is 2.88. The smallest absolute Gasteiger partial charge is 0.335 e. The van der Waals surface area contributed by atoms with E-state index in [9.17, 15) is 4.79 Å². The van der Waals surface area contributed by atoms with Gasteiger partial charge >= 0.3 is 5.97 Å². The first-order chi connectivity index (χ1) is 9.56. The van der Waals surface area contributed by atoms with Crippen LogP contribution in [0.3, 0.4) is 0 Å². The Hall–Kier alpha value is -1.55. The Bertz CT molecular complexity index is 442. The summed E-state index contributed by atoms with van der Waals surface area (Å²) in [7, 11) is 0. The van der Waals surface area contributed by atoms with Crippen LogP contribution in [0.15, 0.2) is 24.3 Å². The number of hydrogen-bond donors (Lipinski definition) is 1. The maximum atomic E-state index is 10.7. The highest BCUT2D eigenvalue weighted by atomic mass is 16.5. The van der Waals surface area contributed by atoms with Gasteiger partial charge in [0.25, 0.3) is 0 Å². The van der Waals surface area contributed by atoms with Crippen molar-refractivity contribution in [2.75, 3.05) is 26.2 Å². The molecule has 1 atom stereocenters. The minimum atomic E-state index is -0.909. The number of aromatic carboxylic acids is 1. The minimum Gasteiger partial charge on any atom is -0.492 e. The number of rotatable bonds is 6. The summed E-state index contributed by atoms with van der Waals surface area (Å²) in [5.41, 5.74) is 0.289. The number of nitrogens with zero attached hydrogens (tertiary/aromatic N) is 1. The fraction of sp³-hybridized carbons (Fsp3) is 0.562. The van der Waals surface area contributed by atoms with Crippen molar-refractivity contribution in [2.45, 2.75) is 20.3 Å². The summed E-state index contributed by atoms with van der Waals surface area (Å²) in [6.45, 7) is 8.48. The normalized spacial score (nSPS) is 19.4. The molecule has 1 aliphatic rings. The Morgan fingerprint density at radius 1 is 1.40 bits per heavy atom. The second-order valence-electron chi connectivity index (χ2n) is 5.77. The van der Waals surface area contributed by atoms with Gasteiger partial charge in [-0.15, -0.1) is 0 Å². The number of hydrogen-bond acceptors (Lipinski definition) is 3. The highest BCUT2D eigenvalue weighted by molar-refractivity contribution is 5.87. The maximum Gasteiger partial charge on any atom is 0.335 e. The standard InChI is InChI=1S/C16H23NO3/c1-12(2)14-7-8-17(11-14)9-10-20-15-5-3-13(4-6-15)16(18)19/h3-6,12,14H,7-11H2,1-2H3,(H,18,19). The van der Waals surface area contributed by atoms with Gasteiger partial charge in [-0.25, -0.2) is 4.79 Å². The Balaban J connectivity index is 1.72. The molecule has 110 valence electrons. The van der Waals surface area contributed by atoms with Crippen LogP contribution in [0.1, 0.15) is 30.6 Å². The summed E-state index contributed by atoms with van der Waals surface area (Å²) in [5, 5.41) is 8.82. The lowest BCUT2D eigenvalue weighted by Crippen LogP contribution is -2.27. The summed E-state index contributed by atoms with van der Waals surface area (Å²) in [4.78, 5) is 13.2. The molecule has 20 heavy (non-hydrogen) atoms. The zero-order valence-corrected chi connectivity index (χ0v) is 12.2. The lowest BCUT2D eigenvalue weighted by molar-refractivity contribution is 0.0697. The Kier molecular flexibility index (Phi) is 5.01. The molecule has 0 spiro atoms. The molecule has 1 saturated heterocycles. The molecule has 1 fully saturated rings. The van der Waals surface area contributed by atoms with Gasteiger partial charge in [0.05, 0.1) is 5.56 Å². The van der Waals surface area contributed by atoms with E-state index in [-0.39, 0.29) is 5.56 Å². The summed E-state index contributed by atoms with van der Waals surface area (Å²) in [6.07, 6.45) is 1.28. The molecule has 1 heterocycles. The lowest BCUT2D eigenvalue weighted by Gasteiger charge is -2.18. The fourth-order valence-corrected chi connectivity index (χ4v) is 2.60. The van der Waals surface area contributed by atoms with Crippen LogP contribution in [-0.4, -0.2) is 42.2 Å². The molecule has 1 N–H and O–H groups in total. The van der Waals surface area contributed by atoms with Crippen LogP contribution in [0, 0.1) is 11.8 Å². The van der Waals surface area contributed by atoms with E-state index in [4.69, 9.17) is 9.84 Å². The van der Waals surface area contributed by atoms with Gasteiger partial charge in [0, 0.05) is 13.1 Å². The first-order valence-electron chi connectivity index (χ1n) is 7.25. The molecule has 0 aromatic heterocycles. The number of ether oxygens (including phenoxy) is 1. The monoisotopic (exact) mass is 277 g/mol.